The van der Waals surface area contributed by atoms with Crippen molar-refractivity contribution in [2.75, 3.05) is 17.7 Å². The molecule has 2 bridgehead atoms. The van der Waals surface area contributed by atoms with Gasteiger partial charge in [-0.05, 0) is 44.1 Å². The van der Waals surface area contributed by atoms with Gasteiger partial charge in [0, 0.05) is 29.3 Å². The second-order valence-corrected chi connectivity index (χ2v) is 9.51. The lowest BCUT2D eigenvalue weighted by Crippen LogP contribution is -2.59. The molecule has 34 heavy (non-hydrogen) atoms. The van der Waals surface area contributed by atoms with Crippen LogP contribution in [0.5, 0.6) is 5.75 Å². The van der Waals surface area contributed by atoms with Crippen LogP contribution in [0.4, 0.5) is 17.2 Å². The summed E-state index contributed by atoms with van der Waals surface area (Å²) in [4.78, 5) is 24.1. The molecule has 0 unspecified atom stereocenters. The van der Waals surface area contributed by atoms with Gasteiger partial charge in [0.1, 0.15) is 5.75 Å². The average Bonchev–Trinajstić information content (AvgIpc) is 3.50. The number of carbonyl (C=O) groups excluding carboxylic acids is 2. The summed E-state index contributed by atoms with van der Waals surface area (Å²) in [5, 5.41) is 18.5. The van der Waals surface area contributed by atoms with E-state index in [2.05, 4.69) is 36.8 Å². The van der Waals surface area contributed by atoms with E-state index in [9.17, 15) is 9.59 Å². The summed E-state index contributed by atoms with van der Waals surface area (Å²) in [6.07, 6.45) is 9.28. The smallest absolute Gasteiger partial charge is 0.271 e. The van der Waals surface area contributed by atoms with Crippen LogP contribution in [0.25, 0.3) is 11.1 Å². The van der Waals surface area contributed by atoms with Crippen molar-refractivity contribution in [1.82, 2.24) is 20.0 Å². The Kier molecular flexibility index (Phi) is 4.58. The third-order valence-corrected chi connectivity index (χ3v) is 7.10. The monoisotopic (exact) mass is 459 g/mol. The van der Waals surface area contributed by atoms with Crippen molar-refractivity contribution in [2.24, 2.45) is 17.6 Å². The molecule has 0 radical (unpaired) electrons. The molecule has 10 heteroatoms. The molecule has 7 rings (SSSR count). The number of primary amides is 1. The SMILES string of the molecule is COc1c(Nc2cc(NC(=O)C3CC3)nnc2C(N)=O)cccc1-c1cnn(C23CC(C2)C3)c1. The van der Waals surface area contributed by atoms with Gasteiger partial charge < -0.3 is 21.1 Å². The van der Waals surface area contributed by atoms with E-state index < -0.39 is 5.91 Å². The molecule has 4 N–H and O–H groups in total. The number of nitrogens with zero attached hydrogens (tertiary/aromatic N) is 4. The van der Waals surface area contributed by atoms with Crippen molar-refractivity contribution in [3.63, 3.8) is 0 Å². The van der Waals surface area contributed by atoms with E-state index in [-0.39, 0.29) is 28.9 Å². The van der Waals surface area contributed by atoms with Gasteiger partial charge in [0.15, 0.2) is 11.5 Å². The van der Waals surface area contributed by atoms with Gasteiger partial charge in [-0.3, -0.25) is 14.3 Å². The highest BCUT2D eigenvalue weighted by atomic mass is 16.5. The second kappa shape index (κ2) is 7.54. The van der Waals surface area contributed by atoms with Crippen LogP contribution in [0.1, 0.15) is 42.6 Å². The number of rotatable bonds is 8. The van der Waals surface area contributed by atoms with Gasteiger partial charge in [-0.1, -0.05) is 12.1 Å². The third kappa shape index (κ3) is 3.37. The first-order chi connectivity index (χ1) is 16.5. The first-order valence-corrected chi connectivity index (χ1v) is 11.4. The number of hydrogen-bond acceptors (Lipinski definition) is 7. The van der Waals surface area contributed by atoms with Crippen molar-refractivity contribution in [3.8, 4) is 16.9 Å². The molecule has 4 fully saturated rings. The Labute approximate surface area is 195 Å². The maximum Gasteiger partial charge on any atom is 0.271 e. The topological polar surface area (TPSA) is 137 Å². The molecule has 4 saturated carbocycles. The zero-order valence-corrected chi connectivity index (χ0v) is 18.7. The number of nitrogens with two attached hydrogens (primary N) is 1. The molecule has 174 valence electrons. The Morgan fingerprint density at radius 2 is 1.97 bits per heavy atom. The molecule has 2 heterocycles. The van der Waals surface area contributed by atoms with Crippen LogP contribution in [0.15, 0.2) is 36.7 Å². The number of ether oxygens (including phenoxy) is 1. The van der Waals surface area contributed by atoms with Crippen LogP contribution in [-0.2, 0) is 10.3 Å². The minimum atomic E-state index is -0.731. The molecule has 2 amide bonds. The van der Waals surface area contributed by atoms with Gasteiger partial charge >= 0.3 is 0 Å². The van der Waals surface area contributed by atoms with Gasteiger partial charge in [0.05, 0.1) is 30.2 Å². The Bertz CT molecular complexity index is 1300. The van der Waals surface area contributed by atoms with E-state index in [1.54, 1.807) is 13.2 Å². The van der Waals surface area contributed by atoms with Crippen molar-refractivity contribution in [2.45, 2.75) is 37.6 Å². The Balaban J connectivity index is 1.32. The number of methoxy groups -OCH3 is 1. The van der Waals surface area contributed by atoms with Gasteiger partial charge in [-0.15, -0.1) is 10.2 Å². The average molecular weight is 460 g/mol. The number of amides is 2. The molecule has 0 saturated heterocycles. The molecular formula is C24H25N7O3. The number of para-hydroxylation sites is 1. The number of aromatic nitrogens is 4. The normalized spacial score (nSPS) is 22.3. The highest BCUT2D eigenvalue weighted by Crippen LogP contribution is 2.62. The summed E-state index contributed by atoms with van der Waals surface area (Å²) in [6.45, 7) is 0. The quantitative estimate of drug-likeness (QED) is 0.471. The summed E-state index contributed by atoms with van der Waals surface area (Å²) in [7, 11) is 1.59. The molecule has 2 aromatic heterocycles. The maximum absolute atomic E-state index is 12.1. The Morgan fingerprint density at radius 1 is 1.18 bits per heavy atom. The third-order valence-electron chi connectivity index (χ3n) is 7.10. The molecule has 10 nitrogen and oxygen atoms in total. The Hall–Kier alpha value is -3.95. The number of nitrogens with one attached hydrogen (secondary N) is 2. The number of carbonyl (C=O) groups is 2. The Morgan fingerprint density at radius 3 is 2.62 bits per heavy atom. The van der Waals surface area contributed by atoms with Crippen LogP contribution < -0.4 is 21.1 Å². The minimum Gasteiger partial charge on any atom is -0.494 e. The molecule has 0 atom stereocenters. The van der Waals surface area contributed by atoms with Crippen LogP contribution in [0.2, 0.25) is 0 Å². The first-order valence-electron chi connectivity index (χ1n) is 11.4. The molecular weight excluding hydrogens is 434 g/mol. The summed E-state index contributed by atoms with van der Waals surface area (Å²) in [6, 6.07) is 7.25. The van der Waals surface area contributed by atoms with Crippen LogP contribution in [0, 0.1) is 11.8 Å². The highest BCUT2D eigenvalue weighted by molar-refractivity contribution is 5.99. The second-order valence-electron chi connectivity index (χ2n) is 9.51. The first kappa shape index (κ1) is 20.6. The summed E-state index contributed by atoms with van der Waals surface area (Å²) < 4.78 is 7.85. The molecule has 0 spiro atoms. The van der Waals surface area contributed by atoms with Crippen LogP contribution >= 0.6 is 0 Å². The van der Waals surface area contributed by atoms with E-state index in [4.69, 9.17) is 10.5 Å². The van der Waals surface area contributed by atoms with Gasteiger partial charge in [-0.2, -0.15) is 5.10 Å². The zero-order chi connectivity index (χ0) is 23.4. The molecule has 3 aromatic rings. The van der Waals surface area contributed by atoms with Gasteiger partial charge in [0.25, 0.3) is 5.91 Å². The summed E-state index contributed by atoms with van der Waals surface area (Å²) in [5.74, 6) is 0.881. The van der Waals surface area contributed by atoms with E-state index in [0.29, 0.717) is 17.1 Å². The van der Waals surface area contributed by atoms with Crippen molar-refractivity contribution in [1.29, 1.82) is 0 Å². The highest BCUT2D eigenvalue weighted by Gasteiger charge is 2.58. The number of anilines is 3. The predicted molar refractivity (Wildman–Crippen MR) is 125 cm³/mol. The van der Waals surface area contributed by atoms with Gasteiger partial charge in [0.2, 0.25) is 5.91 Å². The van der Waals surface area contributed by atoms with Crippen LogP contribution in [-0.4, -0.2) is 38.9 Å². The molecule has 1 aromatic carbocycles. The predicted octanol–water partition coefficient (Wildman–Crippen LogP) is 3.05. The molecule has 0 aliphatic heterocycles. The fourth-order valence-electron chi connectivity index (χ4n) is 4.97. The standard InChI is InChI=1S/C24H25N7O3/c1-34-21-16(15-11-26-31(12-15)24-8-13(9-24)10-24)3-2-4-17(21)27-18-7-19(28-23(33)14-5-6-14)29-30-20(18)22(25)32/h2-4,7,11-14H,5-6,8-10H2,1H3,(H2,25,32)(H2,27,28,29,33). The van der Waals surface area contributed by atoms with Crippen molar-refractivity contribution in [3.05, 3.63) is 42.4 Å². The lowest BCUT2D eigenvalue weighted by Gasteiger charge is -2.61. The van der Waals surface area contributed by atoms with E-state index in [1.165, 1.54) is 19.3 Å². The zero-order valence-electron chi connectivity index (χ0n) is 18.7. The minimum absolute atomic E-state index is 0.0111. The van der Waals surface area contributed by atoms with E-state index in [0.717, 1.165) is 29.9 Å². The van der Waals surface area contributed by atoms with E-state index in [1.807, 2.05) is 24.4 Å². The summed E-state index contributed by atoms with van der Waals surface area (Å²) in [5.41, 5.74) is 8.46. The number of hydrogen-bond donors (Lipinski definition) is 3. The fraction of sp³-hybridized carbons (Fsp3) is 0.375. The van der Waals surface area contributed by atoms with E-state index >= 15 is 0 Å². The fourth-order valence-corrected chi connectivity index (χ4v) is 4.97. The van der Waals surface area contributed by atoms with Gasteiger partial charge in [-0.25, -0.2) is 0 Å². The molecule has 4 aliphatic rings. The largest absolute Gasteiger partial charge is 0.494 e. The van der Waals surface area contributed by atoms with Crippen molar-refractivity contribution >= 4 is 29.0 Å². The maximum atomic E-state index is 12.1. The lowest BCUT2D eigenvalue weighted by atomic mass is 9.50. The number of benzene rings is 1. The summed E-state index contributed by atoms with van der Waals surface area (Å²) >= 11 is 0. The van der Waals surface area contributed by atoms with Crippen LogP contribution in [0.3, 0.4) is 0 Å². The molecule has 4 aliphatic carbocycles. The lowest BCUT2D eigenvalue weighted by molar-refractivity contribution is -0.117. The van der Waals surface area contributed by atoms with Crippen molar-refractivity contribution < 1.29 is 14.3 Å².